The third kappa shape index (κ3) is 13.1. The normalized spacial score (nSPS) is 15.0. The highest BCUT2D eigenvalue weighted by atomic mass is 16.7. The summed E-state index contributed by atoms with van der Waals surface area (Å²) < 4.78 is 0. The van der Waals surface area contributed by atoms with E-state index in [1.54, 1.807) is 0 Å². The van der Waals surface area contributed by atoms with Crippen LogP contribution in [0.15, 0.2) is 230 Å². The summed E-state index contributed by atoms with van der Waals surface area (Å²) in [6, 6.07) is 62.4. The first-order chi connectivity index (χ1) is 39.4. The van der Waals surface area contributed by atoms with Gasteiger partial charge in [-0.25, -0.2) is 0 Å². The van der Waals surface area contributed by atoms with Gasteiger partial charge >= 0.3 is 0 Å². The Morgan fingerprint density at radius 2 is 1.07 bits per heavy atom. The standard InChI is InChI=1S/C76H88N4O2/c1-15-17-37-61(16-2)77(62-38-25-20-26-39-62)71-51-69-66-42-28-30-44-68(66)72(52-70(69)65-41-27-29-43-67(65)71)78(64-40-31-36-60(50-64)56(8)82-80(76(12,13)14)74(54(5)6)59-34-23-19-24-35-59)63-47-45-57(46-48-63)49-55(7)81-79(75(9,10)11)73(53(3)4)58-32-21-18-22-33-58/h15-18,20-23,25-48,50-56,73-74H,2,19,24,49H2,1,3-14H3. The minimum atomic E-state index is -0.271. The van der Waals surface area contributed by atoms with Gasteiger partial charge in [-0.3, -0.25) is 9.68 Å². The predicted octanol–water partition coefficient (Wildman–Crippen LogP) is 21.2. The summed E-state index contributed by atoms with van der Waals surface area (Å²) >= 11 is 0. The first kappa shape index (κ1) is 59.3. The maximum atomic E-state index is 7.27. The fourth-order valence-corrected chi connectivity index (χ4v) is 12.0. The molecular formula is C76H88N4O2. The Bertz CT molecular complexity index is 3580. The van der Waals surface area contributed by atoms with Crippen molar-refractivity contribution in [2.75, 3.05) is 9.80 Å². The lowest BCUT2D eigenvalue weighted by Crippen LogP contribution is -2.51. The second-order valence-corrected chi connectivity index (χ2v) is 24.9. The van der Waals surface area contributed by atoms with Gasteiger partial charge < -0.3 is 9.80 Å². The molecule has 4 atom stereocenters. The maximum absolute atomic E-state index is 7.27. The van der Waals surface area contributed by atoms with E-state index in [2.05, 4.69) is 316 Å². The molecule has 1 aliphatic rings. The lowest BCUT2D eigenvalue weighted by atomic mass is 9.89. The van der Waals surface area contributed by atoms with Crippen molar-refractivity contribution in [1.82, 2.24) is 10.1 Å². The predicted molar refractivity (Wildman–Crippen MR) is 351 cm³/mol. The molecule has 0 heterocycles. The topological polar surface area (TPSA) is 31.4 Å². The van der Waals surface area contributed by atoms with Crippen LogP contribution in [0.4, 0.5) is 28.4 Å². The Labute approximate surface area is 491 Å². The van der Waals surface area contributed by atoms with Crippen molar-refractivity contribution in [1.29, 1.82) is 0 Å². The molecule has 0 aromatic heterocycles. The molecule has 424 valence electrons. The van der Waals surface area contributed by atoms with E-state index < -0.39 is 0 Å². The van der Waals surface area contributed by atoms with E-state index in [-0.39, 0.29) is 35.4 Å². The average Bonchev–Trinajstić information content (AvgIpc) is 3.65. The van der Waals surface area contributed by atoms with Gasteiger partial charge in [-0.1, -0.05) is 186 Å². The summed E-state index contributed by atoms with van der Waals surface area (Å²) in [7, 11) is 0. The van der Waals surface area contributed by atoms with Gasteiger partial charge in [0.25, 0.3) is 0 Å². The molecular weight excluding hydrogens is 1000 g/mol. The first-order valence-corrected chi connectivity index (χ1v) is 29.9. The number of nitrogens with zero attached hydrogens (tertiary/aromatic N) is 4. The smallest absolute Gasteiger partial charge is 0.102 e. The molecule has 0 aliphatic heterocycles. The molecule has 8 aromatic rings. The van der Waals surface area contributed by atoms with Gasteiger partial charge in [-0.2, -0.15) is 10.1 Å². The van der Waals surface area contributed by atoms with E-state index in [1.807, 2.05) is 13.0 Å². The van der Waals surface area contributed by atoms with Crippen molar-refractivity contribution in [2.45, 2.75) is 145 Å². The summed E-state index contributed by atoms with van der Waals surface area (Å²) in [5.74, 6) is 0.667. The summed E-state index contributed by atoms with van der Waals surface area (Å²) in [5.41, 5.74) is 10.7. The number of hydroxylamine groups is 4. The van der Waals surface area contributed by atoms with Crippen LogP contribution in [0.3, 0.4) is 0 Å². The molecule has 8 aromatic carbocycles. The quantitative estimate of drug-likeness (QED) is 0.0405. The highest BCUT2D eigenvalue weighted by Gasteiger charge is 2.37. The number of anilines is 5. The van der Waals surface area contributed by atoms with Crippen molar-refractivity contribution < 1.29 is 9.68 Å². The van der Waals surface area contributed by atoms with E-state index in [0.717, 1.165) is 69.7 Å². The van der Waals surface area contributed by atoms with E-state index in [0.29, 0.717) is 11.8 Å². The Balaban J connectivity index is 1.19. The van der Waals surface area contributed by atoms with Crippen LogP contribution in [0, 0.1) is 11.8 Å². The van der Waals surface area contributed by atoms with Crippen molar-refractivity contribution in [3.8, 4) is 0 Å². The molecule has 82 heavy (non-hydrogen) atoms. The van der Waals surface area contributed by atoms with Crippen molar-refractivity contribution in [2.24, 2.45) is 11.8 Å². The molecule has 0 N–H and O–H groups in total. The van der Waals surface area contributed by atoms with E-state index in [9.17, 15) is 0 Å². The number of rotatable bonds is 21. The Morgan fingerprint density at radius 1 is 0.537 bits per heavy atom. The van der Waals surface area contributed by atoms with Gasteiger partial charge in [-0.05, 0) is 191 Å². The van der Waals surface area contributed by atoms with E-state index >= 15 is 0 Å². The van der Waals surface area contributed by atoms with Crippen LogP contribution >= 0.6 is 0 Å². The largest absolute Gasteiger partial charge is 0.310 e. The minimum Gasteiger partial charge on any atom is -0.310 e. The third-order valence-electron chi connectivity index (χ3n) is 15.7. The van der Waals surface area contributed by atoms with Crippen LogP contribution in [-0.4, -0.2) is 33.4 Å². The lowest BCUT2D eigenvalue weighted by Gasteiger charge is -2.44. The molecule has 0 radical (unpaired) electrons. The zero-order valence-electron chi connectivity index (χ0n) is 51.1. The summed E-state index contributed by atoms with van der Waals surface area (Å²) in [5, 5.41) is 11.5. The number of benzene rings is 8. The van der Waals surface area contributed by atoms with Crippen molar-refractivity contribution >= 4 is 60.8 Å². The molecule has 0 bridgehead atoms. The molecule has 1 aliphatic carbocycles. The molecule has 0 amide bonds. The number of para-hydroxylation sites is 1. The Hall–Kier alpha value is -7.32. The van der Waals surface area contributed by atoms with Gasteiger partial charge in [0.1, 0.15) is 6.10 Å². The van der Waals surface area contributed by atoms with Gasteiger partial charge in [0.15, 0.2) is 0 Å². The lowest BCUT2D eigenvalue weighted by molar-refractivity contribution is -0.269. The fourth-order valence-electron chi connectivity index (χ4n) is 12.0. The van der Waals surface area contributed by atoms with Crippen molar-refractivity contribution in [3.05, 3.63) is 247 Å². The number of hydrogen-bond acceptors (Lipinski definition) is 6. The number of hydrogen-bond donors (Lipinski definition) is 0. The molecule has 6 heteroatoms. The van der Waals surface area contributed by atoms with E-state index in [1.165, 1.54) is 38.2 Å². The van der Waals surface area contributed by atoms with Crippen LogP contribution in [-0.2, 0) is 16.1 Å². The SMILES string of the molecule is C=CC(=CC=CC)N(c1ccccc1)c1cc2c3ccccc3c(N(c3ccc(CC(C)ON(C(c4ccccc4)C(C)C)C(C)(C)C)cc3)c3cccc(C(C)ON(C(C4=CCCC=C4)C(C)C)C(C)(C)C)c3)cc2c2ccccc12. The highest BCUT2D eigenvalue weighted by Crippen LogP contribution is 2.48. The number of fused-ring (bicyclic) bond motifs is 5. The van der Waals surface area contributed by atoms with Crippen LogP contribution in [0.1, 0.15) is 132 Å². The maximum Gasteiger partial charge on any atom is 0.102 e. The molecule has 0 saturated heterocycles. The molecule has 9 rings (SSSR count). The van der Waals surface area contributed by atoms with Gasteiger partial charge in [0.05, 0.1) is 29.6 Å². The summed E-state index contributed by atoms with van der Waals surface area (Å²) in [4.78, 5) is 19.1. The zero-order chi connectivity index (χ0) is 58.3. The summed E-state index contributed by atoms with van der Waals surface area (Å²) in [6.07, 6.45) is 17.8. The second kappa shape index (κ2) is 25.9. The molecule has 0 saturated carbocycles. The van der Waals surface area contributed by atoms with Crippen LogP contribution < -0.4 is 9.80 Å². The van der Waals surface area contributed by atoms with Crippen LogP contribution in [0.25, 0.3) is 32.3 Å². The Morgan fingerprint density at radius 3 is 1.63 bits per heavy atom. The second-order valence-electron chi connectivity index (χ2n) is 24.9. The third-order valence-corrected chi connectivity index (χ3v) is 15.7. The molecule has 4 unspecified atom stereocenters. The van der Waals surface area contributed by atoms with Crippen LogP contribution in [0.5, 0.6) is 0 Å². The molecule has 0 fully saturated rings. The van der Waals surface area contributed by atoms with Crippen LogP contribution in [0.2, 0.25) is 0 Å². The zero-order valence-corrected chi connectivity index (χ0v) is 51.1. The number of allylic oxidation sites excluding steroid dienone is 6. The Kier molecular flexibility index (Phi) is 18.7. The average molecular weight is 1090 g/mol. The van der Waals surface area contributed by atoms with Gasteiger partial charge in [-0.15, -0.1) is 0 Å². The van der Waals surface area contributed by atoms with Gasteiger partial charge in [0.2, 0.25) is 0 Å². The molecule has 6 nitrogen and oxygen atoms in total. The fraction of sp³-hybridized carbons (Fsp3) is 0.316. The monoisotopic (exact) mass is 1090 g/mol. The highest BCUT2D eigenvalue weighted by molar-refractivity contribution is 6.24. The molecule has 0 spiro atoms. The van der Waals surface area contributed by atoms with Crippen molar-refractivity contribution in [3.63, 3.8) is 0 Å². The summed E-state index contributed by atoms with van der Waals surface area (Å²) in [6.45, 7) is 33.5. The van der Waals surface area contributed by atoms with E-state index in [4.69, 9.17) is 9.68 Å². The first-order valence-electron chi connectivity index (χ1n) is 29.9. The minimum absolute atomic E-state index is 0.0840. The van der Waals surface area contributed by atoms with Gasteiger partial charge in [0, 0.05) is 51.0 Å².